The van der Waals surface area contributed by atoms with E-state index in [9.17, 15) is 9.59 Å². The van der Waals surface area contributed by atoms with Crippen molar-refractivity contribution in [3.05, 3.63) is 33.2 Å². The van der Waals surface area contributed by atoms with Crippen LogP contribution in [-0.2, 0) is 22.5 Å². The van der Waals surface area contributed by atoms with E-state index in [4.69, 9.17) is 9.84 Å². The van der Waals surface area contributed by atoms with E-state index in [1.165, 1.54) is 0 Å². The smallest absolute Gasteiger partial charge is 0.303 e. The third kappa shape index (κ3) is 3.43. The molecule has 1 N–H and O–H groups in total. The number of aryl methyl sites for hydroxylation is 2. The van der Waals surface area contributed by atoms with Crippen LogP contribution in [0.25, 0.3) is 0 Å². The van der Waals surface area contributed by atoms with E-state index in [1.54, 1.807) is 11.7 Å². The van der Waals surface area contributed by atoms with Gasteiger partial charge in [0.15, 0.2) is 0 Å². The molecule has 0 unspecified atom stereocenters. The van der Waals surface area contributed by atoms with Gasteiger partial charge < -0.3 is 14.4 Å². The van der Waals surface area contributed by atoms with Crippen LogP contribution in [0.1, 0.15) is 23.2 Å². The number of aliphatic carboxylic acids is 1. The number of carboxylic acid groups (broad SMARTS) is 1. The van der Waals surface area contributed by atoms with Gasteiger partial charge in [0, 0.05) is 31.3 Å². The van der Waals surface area contributed by atoms with Gasteiger partial charge in [0.05, 0.1) is 6.61 Å². The molecule has 100 valence electrons. The maximum atomic E-state index is 12.2. The summed E-state index contributed by atoms with van der Waals surface area (Å²) in [5.74, 6) is -0.891. The van der Waals surface area contributed by atoms with Gasteiger partial charge >= 0.3 is 5.97 Å². The molecule has 5 nitrogen and oxygen atoms in total. The molecule has 1 rings (SSSR count). The van der Waals surface area contributed by atoms with Crippen molar-refractivity contribution in [3.8, 4) is 0 Å². The molecule has 0 aliphatic rings. The third-order valence-electron chi connectivity index (χ3n) is 2.94. The number of carbonyl (C=O) groups is 1. The molecule has 5 heteroatoms. The fourth-order valence-electron chi connectivity index (χ4n) is 1.97. The number of hydrogen-bond acceptors (Lipinski definition) is 3. The fourth-order valence-corrected chi connectivity index (χ4v) is 1.97. The van der Waals surface area contributed by atoms with E-state index in [1.807, 2.05) is 19.9 Å². The Kier molecular flexibility index (Phi) is 5.09. The molecule has 0 fully saturated rings. The molecule has 0 amide bonds. The second kappa shape index (κ2) is 6.35. The van der Waals surface area contributed by atoms with Crippen molar-refractivity contribution in [2.24, 2.45) is 0 Å². The summed E-state index contributed by atoms with van der Waals surface area (Å²) in [6.07, 6.45) is 0.247. The molecule has 0 aliphatic carbocycles. The van der Waals surface area contributed by atoms with Crippen molar-refractivity contribution in [1.29, 1.82) is 0 Å². The summed E-state index contributed by atoms with van der Waals surface area (Å²) >= 11 is 0. The quantitative estimate of drug-likeness (QED) is 0.825. The van der Waals surface area contributed by atoms with Gasteiger partial charge in [-0.1, -0.05) is 0 Å². The van der Waals surface area contributed by atoms with Gasteiger partial charge in [0.2, 0.25) is 0 Å². The predicted molar refractivity (Wildman–Crippen MR) is 68.0 cm³/mol. The van der Waals surface area contributed by atoms with Gasteiger partial charge in [-0.15, -0.1) is 0 Å². The van der Waals surface area contributed by atoms with E-state index in [0.717, 1.165) is 11.3 Å². The average Bonchev–Trinajstić information content (AvgIpc) is 2.27. The molecule has 1 heterocycles. The van der Waals surface area contributed by atoms with Crippen molar-refractivity contribution < 1.29 is 14.6 Å². The molecule has 0 saturated carbocycles. The Morgan fingerprint density at radius 3 is 2.67 bits per heavy atom. The van der Waals surface area contributed by atoms with Crippen LogP contribution >= 0.6 is 0 Å². The molecule has 0 radical (unpaired) electrons. The van der Waals surface area contributed by atoms with Crippen molar-refractivity contribution in [2.75, 3.05) is 13.7 Å². The number of hydrogen-bond donors (Lipinski definition) is 1. The summed E-state index contributed by atoms with van der Waals surface area (Å²) in [5.41, 5.74) is 2.20. The minimum Gasteiger partial charge on any atom is -0.481 e. The highest BCUT2D eigenvalue weighted by molar-refractivity contribution is 5.67. The van der Waals surface area contributed by atoms with Crippen LogP contribution in [0, 0.1) is 13.8 Å². The highest BCUT2D eigenvalue weighted by atomic mass is 16.5. The third-order valence-corrected chi connectivity index (χ3v) is 2.94. The summed E-state index contributed by atoms with van der Waals surface area (Å²) in [6, 6.07) is 1.91. The Morgan fingerprint density at radius 2 is 2.11 bits per heavy atom. The van der Waals surface area contributed by atoms with Crippen LogP contribution in [0.4, 0.5) is 0 Å². The lowest BCUT2D eigenvalue weighted by molar-refractivity contribution is -0.136. The van der Waals surface area contributed by atoms with E-state index in [-0.39, 0.29) is 18.4 Å². The maximum absolute atomic E-state index is 12.2. The summed E-state index contributed by atoms with van der Waals surface area (Å²) in [5, 5.41) is 8.69. The van der Waals surface area contributed by atoms with E-state index >= 15 is 0 Å². The van der Waals surface area contributed by atoms with Crippen molar-refractivity contribution >= 4 is 5.97 Å². The highest BCUT2D eigenvalue weighted by Gasteiger charge is 2.11. The maximum Gasteiger partial charge on any atom is 0.303 e. The lowest BCUT2D eigenvalue weighted by Crippen LogP contribution is -2.28. The lowest BCUT2D eigenvalue weighted by atomic mass is 10.0. The van der Waals surface area contributed by atoms with Crippen LogP contribution in [0.2, 0.25) is 0 Å². The molecule has 1 aromatic heterocycles. The molecule has 0 bridgehead atoms. The molecule has 0 atom stereocenters. The van der Waals surface area contributed by atoms with Crippen LogP contribution in [0.3, 0.4) is 0 Å². The number of carboxylic acids is 1. The summed E-state index contributed by atoms with van der Waals surface area (Å²) in [4.78, 5) is 22.8. The molecular formula is C13H19NO4. The van der Waals surface area contributed by atoms with Crippen LogP contribution in [-0.4, -0.2) is 29.4 Å². The predicted octanol–water partition coefficient (Wildman–Crippen LogP) is 1.13. The van der Waals surface area contributed by atoms with E-state index < -0.39 is 5.97 Å². The van der Waals surface area contributed by atoms with Crippen molar-refractivity contribution in [1.82, 2.24) is 4.57 Å². The van der Waals surface area contributed by atoms with Crippen LogP contribution in [0.5, 0.6) is 0 Å². The van der Waals surface area contributed by atoms with Crippen LogP contribution < -0.4 is 5.56 Å². The fraction of sp³-hybridized carbons (Fsp3) is 0.538. The average molecular weight is 253 g/mol. The van der Waals surface area contributed by atoms with Gasteiger partial charge in [0.1, 0.15) is 0 Å². The standard InChI is InChI=1S/C13H19NO4/c1-9-8-10(2)14(6-7-18-3)13(17)11(9)4-5-12(15)16/h8H,4-7H2,1-3H3,(H,15,16). The summed E-state index contributed by atoms with van der Waals surface area (Å²) in [7, 11) is 1.58. The zero-order valence-corrected chi connectivity index (χ0v) is 11.0. The molecule has 0 spiro atoms. The largest absolute Gasteiger partial charge is 0.481 e. The lowest BCUT2D eigenvalue weighted by Gasteiger charge is -2.13. The van der Waals surface area contributed by atoms with Gasteiger partial charge in [-0.05, 0) is 31.9 Å². The van der Waals surface area contributed by atoms with Gasteiger partial charge in [0.25, 0.3) is 5.56 Å². The zero-order valence-electron chi connectivity index (χ0n) is 11.0. The second-order valence-electron chi connectivity index (χ2n) is 4.29. The Balaban J connectivity index is 3.09. The second-order valence-corrected chi connectivity index (χ2v) is 4.29. The van der Waals surface area contributed by atoms with E-state index in [0.29, 0.717) is 18.7 Å². The first-order valence-corrected chi connectivity index (χ1v) is 5.88. The Hall–Kier alpha value is -1.62. The van der Waals surface area contributed by atoms with E-state index in [2.05, 4.69) is 0 Å². The van der Waals surface area contributed by atoms with Crippen molar-refractivity contribution in [2.45, 2.75) is 33.2 Å². The number of methoxy groups -OCH3 is 1. The molecule has 0 aromatic carbocycles. The number of ether oxygens (including phenoxy) is 1. The topological polar surface area (TPSA) is 68.5 Å². The first-order chi connectivity index (χ1) is 8.47. The number of aromatic nitrogens is 1. The number of pyridine rings is 1. The summed E-state index contributed by atoms with van der Waals surface area (Å²) < 4.78 is 6.60. The minimum absolute atomic E-state index is 0.0244. The van der Waals surface area contributed by atoms with Gasteiger partial charge in [-0.2, -0.15) is 0 Å². The Morgan fingerprint density at radius 1 is 1.44 bits per heavy atom. The van der Waals surface area contributed by atoms with Crippen molar-refractivity contribution in [3.63, 3.8) is 0 Å². The molecule has 1 aromatic rings. The van der Waals surface area contributed by atoms with Gasteiger partial charge in [-0.25, -0.2) is 0 Å². The normalized spacial score (nSPS) is 10.6. The van der Waals surface area contributed by atoms with Crippen LogP contribution in [0.15, 0.2) is 10.9 Å². The molecule has 0 saturated heterocycles. The SMILES string of the molecule is COCCn1c(C)cc(C)c(CCC(=O)O)c1=O. The minimum atomic E-state index is -0.891. The highest BCUT2D eigenvalue weighted by Crippen LogP contribution is 2.08. The zero-order chi connectivity index (χ0) is 13.7. The first kappa shape index (κ1) is 14.4. The Labute approximate surface area is 106 Å². The first-order valence-electron chi connectivity index (χ1n) is 5.88. The molecule has 0 aliphatic heterocycles. The van der Waals surface area contributed by atoms with Gasteiger partial charge in [-0.3, -0.25) is 9.59 Å². The monoisotopic (exact) mass is 253 g/mol. The molecule has 18 heavy (non-hydrogen) atoms. The number of rotatable bonds is 6. The Bertz CT molecular complexity index is 490. The number of nitrogens with zero attached hydrogens (tertiary/aromatic N) is 1. The molecular weight excluding hydrogens is 234 g/mol. The summed E-state index contributed by atoms with van der Waals surface area (Å²) in [6.45, 7) is 4.65.